The third-order valence-electron chi connectivity index (χ3n) is 4.39. The Labute approximate surface area is 140 Å². The number of hydrogen-bond acceptors (Lipinski definition) is 5. The molecule has 3 rings (SSSR count). The molecule has 1 atom stereocenters. The summed E-state index contributed by atoms with van der Waals surface area (Å²) in [6, 6.07) is 6.44. The van der Waals surface area contributed by atoms with E-state index in [-0.39, 0.29) is 5.82 Å². The number of piperidine rings is 1. The van der Waals surface area contributed by atoms with Gasteiger partial charge in [0.2, 0.25) is 0 Å². The molecule has 124 valence electrons. The minimum absolute atomic E-state index is 0.285. The molecule has 2 heterocycles. The van der Waals surface area contributed by atoms with Crippen LogP contribution in [0.15, 0.2) is 35.8 Å². The van der Waals surface area contributed by atoms with Crippen molar-refractivity contribution in [2.75, 3.05) is 24.5 Å². The van der Waals surface area contributed by atoms with Gasteiger partial charge in [0.1, 0.15) is 5.82 Å². The second-order valence-electron chi connectivity index (χ2n) is 6.24. The summed E-state index contributed by atoms with van der Waals surface area (Å²) in [5, 5.41) is 17.1. The van der Waals surface area contributed by atoms with Crippen molar-refractivity contribution in [2.24, 2.45) is 0 Å². The molecule has 0 bridgehead atoms. The summed E-state index contributed by atoms with van der Waals surface area (Å²) in [4.78, 5) is 6.66. The van der Waals surface area contributed by atoms with Gasteiger partial charge in [0.15, 0.2) is 5.13 Å². The Hall–Kier alpha value is -1.50. The fourth-order valence-electron chi connectivity index (χ4n) is 2.90. The highest BCUT2D eigenvalue weighted by Gasteiger charge is 2.26. The number of aromatic nitrogens is 1. The van der Waals surface area contributed by atoms with Crippen molar-refractivity contribution in [3.8, 4) is 0 Å². The standard InChI is InChI=1S/C17H22FN3OS/c1-17(22,13-2-4-14(18)5-3-13)12-20-15-6-9-21(10-7-15)16-19-8-11-23-16/h2-5,8,11,15,20,22H,6-7,9-10,12H2,1H3. The van der Waals surface area contributed by atoms with E-state index in [4.69, 9.17) is 0 Å². The van der Waals surface area contributed by atoms with Gasteiger partial charge < -0.3 is 15.3 Å². The van der Waals surface area contributed by atoms with Gasteiger partial charge in [0.05, 0.1) is 5.60 Å². The normalized spacial score (nSPS) is 18.8. The molecular formula is C17H22FN3OS. The number of aliphatic hydroxyl groups is 1. The molecule has 1 aliphatic heterocycles. The van der Waals surface area contributed by atoms with E-state index in [1.807, 2.05) is 11.6 Å². The maximum absolute atomic E-state index is 13.0. The number of rotatable bonds is 5. The quantitative estimate of drug-likeness (QED) is 0.882. The summed E-state index contributed by atoms with van der Waals surface area (Å²) >= 11 is 1.67. The third-order valence-corrected chi connectivity index (χ3v) is 5.22. The highest BCUT2D eigenvalue weighted by molar-refractivity contribution is 7.13. The van der Waals surface area contributed by atoms with Crippen LogP contribution in [0.5, 0.6) is 0 Å². The van der Waals surface area contributed by atoms with Crippen molar-refractivity contribution in [1.82, 2.24) is 10.3 Å². The molecule has 1 saturated heterocycles. The lowest BCUT2D eigenvalue weighted by atomic mass is 9.95. The minimum Gasteiger partial charge on any atom is -0.384 e. The minimum atomic E-state index is -1.000. The zero-order chi connectivity index (χ0) is 16.3. The van der Waals surface area contributed by atoms with Gasteiger partial charge in [-0.1, -0.05) is 12.1 Å². The van der Waals surface area contributed by atoms with Gasteiger partial charge in [-0.25, -0.2) is 9.37 Å². The number of hydrogen-bond donors (Lipinski definition) is 2. The molecule has 2 N–H and O–H groups in total. The molecule has 0 amide bonds. The fraction of sp³-hybridized carbons (Fsp3) is 0.471. The first kappa shape index (κ1) is 16.4. The summed E-state index contributed by atoms with van der Waals surface area (Å²) in [6.07, 6.45) is 3.89. The maximum Gasteiger partial charge on any atom is 0.185 e. The van der Waals surface area contributed by atoms with Crippen LogP contribution in [-0.4, -0.2) is 35.8 Å². The number of nitrogens with one attached hydrogen (secondary N) is 1. The van der Waals surface area contributed by atoms with Gasteiger partial charge in [-0.3, -0.25) is 0 Å². The zero-order valence-electron chi connectivity index (χ0n) is 13.2. The Morgan fingerprint density at radius 3 is 2.65 bits per heavy atom. The van der Waals surface area contributed by atoms with E-state index in [9.17, 15) is 9.50 Å². The van der Waals surface area contributed by atoms with Crippen LogP contribution < -0.4 is 10.2 Å². The Kier molecular flexibility index (Phi) is 4.94. The molecule has 0 saturated carbocycles. The van der Waals surface area contributed by atoms with Gasteiger partial charge >= 0.3 is 0 Å². The molecule has 0 spiro atoms. The Morgan fingerprint density at radius 1 is 1.35 bits per heavy atom. The van der Waals surface area contributed by atoms with Crippen LogP contribution in [0.25, 0.3) is 0 Å². The lowest BCUT2D eigenvalue weighted by Crippen LogP contribution is -2.46. The predicted molar refractivity (Wildman–Crippen MR) is 91.3 cm³/mol. The lowest BCUT2D eigenvalue weighted by Gasteiger charge is -2.34. The third kappa shape index (κ3) is 4.07. The molecule has 0 radical (unpaired) electrons. The number of benzene rings is 1. The summed E-state index contributed by atoms with van der Waals surface area (Å²) in [5.74, 6) is -0.285. The van der Waals surface area contributed by atoms with Crippen LogP contribution in [0.2, 0.25) is 0 Å². The molecule has 1 fully saturated rings. The van der Waals surface area contributed by atoms with E-state index in [0.29, 0.717) is 12.6 Å². The second-order valence-corrected chi connectivity index (χ2v) is 7.11. The van der Waals surface area contributed by atoms with E-state index < -0.39 is 5.60 Å². The van der Waals surface area contributed by atoms with Crippen LogP contribution in [0, 0.1) is 5.82 Å². The Balaban J connectivity index is 1.50. The Bertz CT molecular complexity index is 607. The molecule has 6 heteroatoms. The molecule has 1 aromatic carbocycles. The van der Waals surface area contributed by atoms with Crippen LogP contribution in [0.3, 0.4) is 0 Å². The smallest absolute Gasteiger partial charge is 0.185 e. The fourth-order valence-corrected chi connectivity index (χ4v) is 3.60. The number of halogens is 1. The highest BCUT2D eigenvalue weighted by atomic mass is 32.1. The maximum atomic E-state index is 13.0. The molecule has 23 heavy (non-hydrogen) atoms. The first-order chi connectivity index (χ1) is 11.0. The van der Waals surface area contributed by atoms with E-state index in [1.54, 1.807) is 30.4 Å². The number of thiazole rings is 1. The van der Waals surface area contributed by atoms with Gasteiger partial charge in [-0.05, 0) is 37.5 Å². The second kappa shape index (κ2) is 6.95. The molecular weight excluding hydrogens is 313 g/mol. The summed E-state index contributed by atoms with van der Waals surface area (Å²) in [6.45, 7) is 4.17. The average Bonchev–Trinajstić information content (AvgIpc) is 3.08. The summed E-state index contributed by atoms with van der Waals surface area (Å²) in [5.41, 5.74) is -0.272. The molecule has 1 aromatic heterocycles. The van der Waals surface area contributed by atoms with E-state index in [1.165, 1.54) is 12.1 Å². The van der Waals surface area contributed by atoms with Crippen LogP contribution >= 0.6 is 11.3 Å². The lowest BCUT2D eigenvalue weighted by molar-refractivity contribution is 0.0527. The van der Waals surface area contributed by atoms with Crippen molar-refractivity contribution in [3.63, 3.8) is 0 Å². The van der Waals surface area contributed by atoms with Crippen LogP contribution in [0.1, 0.15) is 25.3 Å². The van der Waals surface area contributed by atoms with Crippen molar-refractivity contribution in [3.05, 3.63) is 47.2 Å². The molecule has 2 aromatic rings. The van der Waals surface area contributed by atoms with Crippen LogP contribution in [0.4, 0.5) is 9.52 Å². The number of anilines is 1. The van der Waals surface area contributed by atoms with Gasteiger partial charge in [0, 0.05) is 37.3 Å². The van der Waals surface area contributed by atoms with E-state index in [0.717, 1.165) is 36.6 Å². The van der Waals surface area contributed by atoms with E-state index in [2.05, 4.69) is 15.2 Å². The van der Waals surface area contributed by atoms with Gasteiger partial charge in [-0.15, -0.1) is 11.3 Å². The molecule has 1 unspecified atom stereocenters. The monoisotopic (exact) mass is 335 g/mol. The predicted octanol–water partition coefficient (Wildman–Crippen LogP) is 2.75. The summed E-state index contributed by atoms with van der Waals surface area (Å²) < 4.78 is 13.0. The SMILES string of the molecule is CC(O)(CNC1CCN(c2nccs2)CC1)c1ccc(F)cc1. The first-order valence-electron chi connectivity index (χ1n) is 7.91. The molecule has 0 aliphatic carbocycles. The van der Waals surface area contributed by atoms with Crippen molar-refractivity contribution < 1.29 is 9.50 Å². The van der Waals surface area contributed by atoms with Crippen molar-refractivity contribution in [1.29, 1.82) is 0 Å². The largest absolute Gasteiger partial charge is 0.384 e. The van der Waals surface area contributed by atoms with Gasteiger partial charge in [-0.2, -0.15) is 0 Å². The van der Waals surface area contributed by atoms with Crippen molar-refractivity contribution in [2.45, 2.75) is 31.4 Å². The summed E-state index contributed by atoms with van der Waals surface area (Å²) in [7, 11) is 0. The van der Waals surface area contributed by atoms with Gasteiger partial charge in [0.25, 0.3) is 0 Å². The number of nitrogens with zero attached hydrogens (tertiary/aromatic N) is 2. The average molecular weight is 335 g/mol. The first-order valence-corrected chi connectivity index (χ1v) is 8.79. The Morgan fingerprint density at radius 2 is 2.04 bits per heavy atom. The van der Waals surface area contributed by atoms with Crippen molar-refractivity contribution >= 4 is 16.5 Å². The molecule has 1 aliphatic rings. The van der Waals surface area contributed by atoms with E-state index >= 15 is 0 Å². The van der Waals surface area contributed by atoms with Crippen LogP contribution in [-0.2, 0) is 5.60 Å². The molecule has 4 nitrogen and oxygen atoms in total. The highest BCUT2D eigenvalue weighted by Crippen LogP contribution is 2.24. The zero-order valence-corrected chi connectivity index (χ0v) is 14.0. The topological polar surface area (TPSA) is 48.4 Å².